The van der Waals surface area contributed by atoms with Crippen molar-refractivity contribution < 1.29 is 9.84 Å². The predicted molar refractivity (Wildman–Crippen MR) is 69.6 cm³/mol. The summed E-state index contributed by atoms with van der Waals surface area (Å²) in [6.07, 6.45) is 7.57. The van der Waals surface area contributed by atoms with E-state index in [1.54, 1.807) is 0 Å². The number of hydrogen-bond donors (Lipinski definition) is 1. The van der Waals surface area contributed by atoms with Crippen molar-refractivity contribution >= 4 is 0 Å². The third-order valence-corrected chi connectivity index (χ3v) is 3.21. The van der Waals surface area contributed by atoms with Gasteiger partial charge in [-0.3, -0.25) is 0 Å². The van der Waals surface area contributed by atoms with Crippen LogP contribution in [0.15, 0.2) is 11.6 Å². The highest BCUT2D eigenvalue weighted by molar-refractivity contribution is 4.97. The van der Waals surface area contributed by atoms with Gasteiger partial charge in [0.1, 0.15) is 0 Å². The molecule has 0 saturated carbocycles. The van der Waals surface area contributed by atoms with Crippen LogP contribution in [0.5, 0.6) is 0 Å². The molecule has 2 heteroatoms. The molecule has 1 N–H and O–H groups in total. The number of allylic oxidation sites excluding steroid dienone is 1. The molecule has 0 saturated heterocycles. The van der Waals surface area contributed by atoms with E-state index in [2.05, 4.69) is 27.7 Å². The Kier molecular flexibility index (Phi) is 8.58. The first kappa shape index (κ1) is 15.7. The summed E-state index contributed by atoms with van der Waals surface area (Å²) >= 11 is 0. The number of aliphatic hydroxyl groups excluding tert-OH is 1. The molecule has 0 aliphatic rings. The van der Waals surface area contributed by atoms with Gasteiger partial charge < -0.3 is 9.84 Å². The van der Waals surface area contributed by atoms with Crippen molar-refractivity contribution in [1.82, 2.24) is 0 Å². The van der Waals surface area contributed by atoms with E-state index in [-0.39, 0.29) is 12.2 Å². The molecule has 0 rings (SSSR count). The van der Waals surface area contributed by atoms with E-state index in [1.807, 2.05) is 6.08 Å². The van der Waals surface area contributed by atoms with Crippen LogP contribution in [0, 0.1) is 0 Å². The van der Waals surface area contributed by atoms with Crippen LogP contribution in [-0.2, 0) is 4.74 Å². The van der Waals surface area contributed by atoms with Crippen LogP contribution < -0.4 is 0 Å². The number of ether oxygens (including phenoxy) is 1. The van der Waals surface area contributed by atoms with Crippen molar-refractivity contribution in [3.63, 3.8) is 0 Å². The van der Waals surface area contributed by atoms with Crippen LogP contribution in [0.2, 0.25) is 0 Å². The summed E-state index contributed by atoms with van der Waals surface area (Å²) in [4.78, 5) is 0. The van der Waals surface area contributed by atoms with Crippen LogP contribution in [0.4, 0.5) is 0 Å². The van der Waals surface area contributed by atoms with Crippen LogP contribution in [-0.4, -0.2) is 23.9 Å². The van der Waals surface area contributed by atoms with Crippen LogP contribution in [0.1, 0.15) is 59.8 Å². The Bertz CT molecular complexity index is 199. The molecular weight excluding hydrogens is 200 g/mol. The lowest BCUT2D eigenvalue weighted by atomic mass is 9.94. The Morgan fingerprint density at radius 3 is 2.50 bits per heavy atom. The normalized spacial score (nSPS) is 16.2. The molecule has 16 heavy (non-hydrogen) atoms. The first-order valence-electron chi connectivity index (χ1n) is 6.48. The molecule has 0 fully saturated rings. The molecule has 0 aromatic carbocycles. The van der Waals surface area contributed by atoms with E-state index in [0.29, 0.717) is 0 Å². The molecule has 0 bridgehead atoms. The highest BCUT2D eigenvalue weighted by Crippen LogP contribution is 2.23. The second-order valence-corrected chi connectivity index (χ2v) is 4.68. The Balaban J connectivity index is 3.75. The van der Waals surface area contributed by atoms with Crippen LogP contribution in [0.25, 0.3) is 0 Å². The molecule has 96 valence electrons. The van der Waals surface area contributed by atoms with E-state index in [0.717, 1.165) is 25.9 Å². The fourth-order valence-electron chi connectivity index (χ4n) is 1.86. The zero-order valence-electron chi connectivity index (χ0n) is 11.4. The van der Waals surface area contributed by atoms with Gasteiger partial charge >= 0.3 is 0 Å². The fraction of sp³-hybridized carbons (Fsp3) is 0.857. The lowest BCUT2D eigenvalue weighted by Crippen LogP contribution is -2.27. The van der Waals surface area contributed by atoms with Crippen LogP contribution >= 0.6 is 0 Å². The number of rotatable bonds is 9. The van der Waals surface area contributed by atoms with Gasteiger partial charge in [0.15, 0.2) is 0 Å². The number of hydrogen-bond acceptors (Lipinski definition) is 2. The molecule has 0 aromatic heterocycles. The highest BCUT2D eigenvalue weighted by Gasteiger charge is 2.20. The summed E-state index contributed by atoms with van der Waals surface area (Å²) < 4.78 is 5.78. The van der Waals surface area contributed by atoms with E-state index in [4.69, 9.17) is 9.84 Å². The van der Waals surface area contributed by atoms with Crippen molar-refractivity contribution in [3.8, 4) is 0 Å². The minimum Gasteiger partial charge on any atom is -0.392 e. The smallest absolute Gasteiger partial charge is 0.0651 e. The summed E-state index contributed by atoms with van der Waals surface area (Å²) in [5.41, 5.74) is 1.35. The van der Waals surface area contributed by atoms with Gasteiger partial charge in [0, 0.05) is 6.61 Å². The van der Waals surface area contributed by atoms with Gasteiger partial charge in [0.25, 0.3) is 0 Å². The molecule has 0 spiro atoms. The van der Waals surface area contributed by atoms with Gasteiger partial charge in [-0.15, -0.1) is 0 Å². The minimum absolute atomic E-state index is 0.0589. The van der Waals surface area contributed by atoms with Crippen molar-refractivity contribution in [3.05, 3.63) is 11.6 Å². The summed E-state index contributed by atoms with van der Waals surface area (Å²) in [5, 5.41) is 8.73. The van der Waals surface area contributed by atoms with Gasteiger partial charge in [-0.1, -0.05) is 25.0 Å². The largest absolute Gasteiger partial charge is 0.392 e. The SMILES string of the molecule is CCOC(C)(CC)CCCC/C(C)=C/CO. The molecule has 0 heterocycles. The topological polar surface area (TPSA) is 29.5 Å². The first-order valence-corrected chi connectivity index (χ1v) is 6.48. The molecule has 0 aliphatic carbocycles. The molecule has 1 unspecified atom stereocenters. The van der Waals surface area contributed by atoms with Crippen molar-refractivity contribution in [2.75, 3.05) is 13.2 Å². The zero-order valence-corrected chi connectivity index (χ0v) is 11.4. The van der Waals surface area contributed by atoms with E-state index < -0.39 is 0 Å². The molecule has 1 atom stereocenters. The molecule has 2 nitrogen and oxygen atoms in total. The zero-order chi connectivity index (χ0) is 12.4. The van der Waals surface area contributed by atoms with Gasteiger partial charge in [-0.05, 0) is 46.5 Å². The van der Waals surface area contributed by atoms with E-state index in [9.17, 15) is 0 Å². The molecule has 0 radical (unpaired) electrons. The summed E-state index contributed by atoms with van der Waals surface area (Å²) in [5.74, 6) is 0. The van der Waals surface area contributed by atoms with Crippen molar-refractivity contribution in [1.29, 1.82) is 0 Å². The minimum atomic E-state index is 0.0589. The van der Waals surface area contributed by atoms with Gasteiger partial charge in [0.2, 0.25) is 0 Å². The van der Waals surface area contributed by atoms with Gasteiger partial charge in [-0.25, -0.2) is 0 Å². The molecule has 0 amide bonds. The average molecular weight is 228 g/mol. The Morgan fingerprint density at radius 2 is 2.00 bits per heavy atom. The van der Waals surface area contributed by atoms with Crippen molar-refractivity contribution in [2.45, 2.75) is 65.4 Å². The highest BCUT2D eigenvalue weighted by atomic mass is 16.5. The maximum atomic E-state index is 8.73. The first-order chi connectivity index (χ1) is 7.58. The molecule has 0 aromatic rings. The third-order valence-electron chi connectivity index (χ3n) is 3.21. The van der Waals surface area contributed by atoms with E-state index >= 15 is 0 Å². The fourth-order valence-corrected chi connectivity index (χ4v) is 1.86. The monoisotopic (exact) mass is 228 g/mol. The Labute approximate surface area is 101 Å². The summed E-state index contributed by atoms with van der Waals surface area (Å²) in [7, 11) is 0. The Morgan fingerprint density at radius 1 is 1.31 bits per heavy atom. The molecule has 0 aliphatic heterocycles. The van der Waals surface area contributed by atoms with Crippen molar-refractivity contribution in [2.24, 2.45) is 0 Å². The predicted octanol–water partition coefficient (Wildman–Crippen LogP) is 3.69. The second kappa shape index (κ2) is 8.77. The summed E-state index contributed by atoms with van der Waals surface area (Å²) in [6.45, 7) is 9.49. The lowest BCUT2D eigenvalue weighted by Gasteiger charge is -2.28. The third kappa shape index (κ3) is 7.02. The standard InChI is InChI=1S/C14H28O2/c1-5-14(4,16-6-2)11-8-7-9-13(3)10-12-15/h10,15H,5-9,11-12H2,1-4H3/b13-10+. The van der Waals surface area contributed by atoms with Gasteiger partial charge in [0.05, 0.1) is 12.2 Å². The quantitative estimate of drug-likeness (QED) is 0.482. The second-order valence-electron chi connectivity index (χ2n) is 4.68. The Hall–Kier alpha value is -0.340. The average Bonchev–Trinajstić information content (AvgIpc) is 2.25. The summed E-state index contributed by atoms with van der Waals surface area (Å²) in [6, 6.07) is 0. The van der Waals surface area contributed by atoms with E-state index in [1.165, 1.54) is 18.4 Å². The number of aliphatic hydroxyl groups is 1. The molecular formula is C14H28O2. The van der Waals surface area contributed by atoms with Crippen LogP contribution in [0.3, 0.4) is 0 Å². The number of unbranched alkanes of at least 4 members (excludes halogenated alkanes) is 1. The lowest BCUT2D eigenvalue weighted by molar-refractivity contribution is -0.0352. The maximum absolute atomic E-state index is 8.73. The maximum Gasteiger partial charge on any atom is 0.0651 e. The van der Waals surface area contributed by atoms with Gasteiger partial charge in [-0.2, -0.15) is 0 Å².